The van der Waals surface area contributed by atoms with Gasteiger partial charge in [-0.05, 0) is 57.1 Å². The highest BCUT2D eigenvalue weighted by Gasteiger charge is 2.11. The van der Waals surface area contributed by atoms with E-state index in [1.54, 1.807) is 11.3 Å². The second-order valence-corrected chi connectivity index (χ2v) is 6.88. The second kappa shape index (κ2) is 5.98. The normalized spacial score (nSPS) is 12.6. The van der Waals surface area contributed by atoms with Crippen LogP contribution in [0.2, 0.25) is 0 Å². The van der Waals surface area contributed by atoms with Gasteiger partial charge in [-0.3, -0.25) is 0 Å². The summed E-state index contributed by atoms with van der Waals surface area (Å²) in [6, 6.07) is 10.3. The molecule has 1 aromatic heterocycles. The van der Waals surface area contributed by atoms with E-state index >= 15 is 0 Å². The van der Waals surface area contributed by atoms with Gasteiger partial charge in [0.25, 0.3) is 0 Å². The number of thiophene rings is 1. The number of aliphatic hydroxyl groups is 1. The van der Waals surface area contributed by atoms with Gasteiger partial charge in [-0.15, -0.1) is 11.3 Å². The van der Waals surface area contributed by atoms with Crippen molar-refractivity contribution < 1.29 is 5.11 Å². The number of aliphatic hydroxyl groups excluding tert-OH is 1. The van der Waals surface area contributed by atoms with Gasteiger partial charge in [0.2, 0.25) is 0 Å². The lowest BCUT2D eigenvalue weighted by Crippen LogP contribution is -1.98. The summed E-state index contributed by atoms with van der Waals surface area (Å²) in [7, 11) is 0. The highest BCUT2D eigenvalue weighted by molar-refractivity contribution is 14.1. The van der Waals surface area contributed by atoms with Crippen LogP contribution in [0.3, 0.4) is 0 Å². The van der Waals surface area contributed by atoms with Crippen LogP contribution >= 0.6 is 33.9 Å². The Bertz CT molecular complexity index is 475. The zero-order valence-corrected chi connectivity index (χ0v) is 12.7. The Morgan fingerprint density at radius 3 is 2.47 bits per heavy atom. The van der Waals surface area contributed by atoms with Crippen LogP contribution in [0.15, 0.2) is 35.7 Å². The van der Waals surface area contributed by atoms with Crippen LogP contribution in [0, 0.1) is 2.88 Å². The lowest BCUT2D eigenvalue weighted by Gasteiger charge is -2.10. The first-order valence-electron chi connectivity index (χ1n) is 5.71. The van der Waals surface area contributed by atoms with Gasteiger partial charge >= 0.3 is 0 Å². The Labute approximate surface area is 120 Å². The number of rotatable bonds is 4. The van der Waals surface area contributed by atoms with Crippen LogP contribution in [-0.2, 0) is 6.42 Å². The van der Waals surface area contributed by atoms with E-state index in [0.717, 1.165) is 24.0 Å². The predicted octanol–water partition coefficient (Wildman–Crippen LogP) is 4.39. The topological polar surface area (TPSA) is 20.2 Å². The van der Waals surface area contributed by atoms with Crippen LogP contribution in [0.4, 0.5) is 0 Å². The summed E-state index contributed by atoms with van der Waals surface area (Å²) in [5.41, 5.74) is 3.30. The van der Waals surface area contributed by atoms with Gasteiger partial charge < -0.3 is 5.11 Å². The third-order valence-electron chi connectivity index (χ3n) is 2.74. The van der Waals surface area contributed by atoms with Crippen molar-refractivity contribution in [3.8, 4) is 0 Å². The largest absolute Gasteiger partial charge is 0.384 e. The Morgan fingerprint density at radius 1 is 1.24 bits per heavy atom. The van der Waals surface area contributed by atoms with Crippen molar-refractivity contribution in [1.29, 1.82) is 0 Å². The number of hydrogen-bond donors (Lipinski definition) is 1. The number of halogens is 1. The van der Waals surface area contributed by atoms with E-state index in [1.807, 2.05) is 23.6 Å². The van der Waals surface area contributed by atoms with Gasteiger partial charge in [0, 0.05) is 0 Å². The third kappa shape index (κ3) is 3.30. The number of benzene rings is 1. The standard InChI is InChI=1S/C14H15IOS/c1-2-3-10-4-6-11(7-5-10)14(16)12-8-13(15)17-9-12/h4-9,14,16H,2-3H2,1H3. The maximum absolute atomic E-state index is 10.2. The molecule has 1 atom stereocenters. The summed E-state index contributed by atoms with van der Waals surface area (Å²) < 4.78 is 1.21. The molecule has 0 saturated carbocycles. The highest BCUT2D eigenvalue weighted by atomic mass is 127. The summed E-state index contributed by atoms with van der Waals surface area (Å²) >= 11 is 3.94. The molecule has 0 radical (unpaired) electrons. The first kappa shape index (κ1) is 13.1. The lowest BCUT2D eigenvalue weighted by molar-refractivity contribution is 0.221. The van der Waals surface area contributed by atoms with Gasteiger partial charge in [-0.2, -0.15) is 0 Å². The minimum Gasteiger partial charge on any atom is -0.384 e. The minimum absolute atomic E-state index is 0.495. The van der Waals surface area contributed by atoms with E-state index in [2.05, 4.69) is 41.6 Å². The smallest absolute Gasteiger partial charge is 0.105 e. The molecule has 0 amide bonds. The van der Waals surface area contributed by atoms with Crippen molar-refractivity contribution in [2.24, 2.45) is 0 Å². The molecule has 0 fully saturated rings. The fraction of sp³-hybridized carbons (Fsp3) is 0.286. The number of aryl methyl sites for hydroxylation is 1. The quantitative estimate of drug-likeness (QED) is 0.804. The van der Waals surface area contributed by atoms with Gasteiger partial charge in [0.05, 0.1) is 2.88 Å². The zero-order chi connectivity index (χ0) is 12.3. The summed E-state index contributed by atoms with van der Waals surface area (Å²) in [5, 5.41) is 12.2. The van der Waals surface area contributed by atoms with Crippen molar-refractivity contribution in [2.75, 3.05) is 0 Å². The number of hydrogen-bond acceptors (Lipinski definition) is 2. The SMILES string of the molecule is CCCc1ccc(C(O)c2csc(I)c2)cc1. The summed E-state index contributed by atoms with van der Waals surface area (Å²) in [6.07, 6.45) is 1.77. The van der Waals surface area contributed by atoms with Crippen molar-refractivity contribution in [1.82, 2.24) is 0 Å². The molecule has 2 rings (SSSR count). The van der Waals surface area contributed by atoms with E-state index < -0.39 is 6.10 Å². The van der Waals surface area contributed by atoms with Crippen LogP contribution in [0.25, 0.3) is 0 Å². The Balaban J connectivity index is 2.16. The van der Waals surface area contributed by atoms with Crippen LogP contribution < -0.4 is 0 Å². The molecular weight excluding hydrogens is 343 g/mol. The molecule has 0 aliphatic heterocycles. The molecule has 0 aliphatic rings. The predicted molar refractivity (Wildman–Crippen MR) is 81.5 cm³/mol. The van der Waals surface area contributed by atoms with Gasteiger partial charge in [-0.1, -0.05) is 37.6 Å². The molecule has 1 aromatic carbocycles. The van der Waals surface area contributed by atoms with E-state index in [9.17, 15) is 5.11 Å². The van der Waals surface area contributed by atoms with Crippen molar-refractivity contribution in [3.05, 3.63) is 55.3 Å². The molecule has 0 aliphatic carbocycles. The van der Waals surface area contributed by atoms with E-state index in [1.165, 1.54) is 8.45 Å². The first-order valence-corrected chi connectivity index (χ1v) is 7.67. The van der Waals surface area contributed by atoms with Gasteiger partial charge in [-0.25, -0.2) is 0 Å². The Kier molecular flexibility index (Phi) is 4.59. The molecule has 1 unspecified atom stereocenters. The molecule has 2 aromatic rings. The van der Waals surface area contributed by atoms with E-state index in [4.69, 9.17) is 0 Å². The van der Waals surface area contributed by atoms with Crippen LogP contribution in [-0.4, -0.2) is 5.11 Å². The third-order valence-corrected chi connectivity index (χ3v) is 4.54. The summed E-state index contributed by atoms with van der Waals surface area (Å²) in [6.45, 7) is 2.18. The Hall–Kier alpha value is -0.390. The van der Waals surface area contributed by atoms with E-state index in [0.29, 0.717) is 0 Å². The molecule has 0 bridgehead atoms. The Morgan fingerprint density at radius 2 is 1.94 bits per heavy atom. The second-order valence-electron chi connectivity index (χ2n) is 4.08. The fourth-order valence-electron chi connectivity index (χ4n) is 1.81. The summed E-state index contributed by atoms with van der Waals surface area (Å²) in [5.74, 6) is 0. The first-order chi connectivity index (χ1) is 8.20. The van der Waals surface area contributed by atoms with Gasteiger partial charge in [0.15, 0.2) is 0 Å². The van der Waals surface area contributed by atoms with Gasteiger partial charge in [0.1, 0.15) is 6.10 Å². The molecule has 0 spiro atoms. The van der Waals surface area contributed by atoms with Crippen LogP contribution in [0.5, 0.6) is 0 Å². The summed E-state index contributed by atoms with van der Waals surface area (Å²) in [4.78, 5) is 0. The van der Waals surface area contributed by atoms with Crippen molar-refractivity contribution in [3.63, 3.8) is 0 Å². The molecular formula is C14H15IOS. The van der Waals surface area contributed by atoms with E-state index in [-0.39, 0.29) is 0 Å². The average Bonchev–Trinajstić information content (AvgIpc) is 2.76. The van der Waals surface area contributed by atoms with Crippen molar-refractivity contribution in [2.45, 2.75) is 25.9 Å². The van der Waals surface area contributed by atoms with Crippen molar-refractivity contribution >= 4 is 33.9 Å². The monoisotopic (exact) mass is 358 g/mol. The fourth-order valence-corrected chi connectivity index (χ4v) is 3.21. The molecule has 1 N–H and O–H groups in total. The molecule has 17 heavy (non-hydrogen) atoms. The maximum Gasteiger partial charge on any atom is 0.105 e. The molecule has 0 saturated heterocycles. The van der Waals surface area contributed by atoms with Crippen LogP contribution in [0.1, 0.15) is 36.1 Å². The molecule has 90 valence electrons. The molecule has 3 heteroatoms. The maximum atomic E-state index is 10.2. The average molecular weight is 358 g/mol. The zero-order valence-electron chi connectivity index (χ0n) is 9.69. The molecule has 1 nitrogen and oxygen atoms in total. The minimum atomic E-state index is -0.495. The lowest BCUT2D eigenvalue weighted by atomic mass is 10.0. The molecule has 1 heterocycles. The highest BCUT2D eigenvalue weighted by Crippen LogP contribution is 2.27.